The largest absolute Gasteiger partial charge is 0.356 e. The van der Waals surface area contributed by atoms with Crippen LogP contribution in [0.4, 0.5) is 0 Å². The van der Waals surface area contributed by atoms with Gasteiger partial charge in [0, 0.05) is 31.9 Å². The Morgan fingerprint density at radius 3 is 1.81 bits per heavy atom. The second-order valence-corrected chi connectivity index (χ2v) is 8.07. The summed E-state index contributed by atoms with van der Waals surface area (Å²) in [6, 6.07) is 10.9. The van der Waals surface area contributed by atoms with Gasteiger partial charge in [-0.3, -0.25) is 0 Å². The van der Waals surface area contributed by atoms with Crippen molar-refractivity contribution < 1.29 is 0 Å². The van der Waals surface area contributed by atoms with Crippen LogP contribution in [0.2, 0.25) is 0 Å². The lowest BCUT2D eigenvalue weighted by Crippen LogP contribution is -2.40. The molecule has 0 spiro atoms. The van der Waals surface area contributed by atoms with E-state index in [1.54, 1.807) is 0 Å². The molecule has 152 valence electrons. The van der Waals surface area contributed by atoms with Gasteiger partial charge in [0.2, 0.25) is 0 Å². The average Bonchev–Trinajstić information content (AvgIpc) is 3.08. The summed E-state index contributed by atoms with van der Waals surface area (Å²) in [6.07, 6.45) is 21.8. The fourth-order valence-electron chi connectivity index (χ4n) is 4.12. The molecule has 0 bridgehead atoms. The highest BCUT2D eigenvalue weighted by atomic mass is 15.4. The van der Waals surface area contributed by atoms with Crippen molar-refractivity contribution in [1.82, 2.24) is 9.80 Å². The first-order valence-electron chi connectivity index (χ1n) is 11.6. The molecule has 0 amide bonds. The predicted octanol–water partition coefficient (Wildman–Crippen LogP) is 6.97. The van der Waals surface area contributed by atoms with Gasteiger partial charge in [0.1, 0.15) is 6.17 Å². The molecule has 2 rings (SSSR count). The summed E-state index contributed by atoms with van der Waals surface area (Å²) >= 11 is 0. The van der Waals surface area contributed by atoms with Crippen LogP contribution in [-0.4, -0.2) is 29.1 Å². The third kappa shape index (κ3) is 8.41. The third-order valence-corrected chi connectivity index (χ3v) is 5.86. The van der Waals surface area contributed by atoms with Crippen molar-refractivity contribution in [1.29, 1.82) is 0 Å². The number of rotatable bonds is 15. The van der Waals surface area contributed by atoms with Crippen molar-refractivity contribution in [3.63, 3.8) is 0 Å². The van der Waals surface area contributed by atoms with Crippen molar-refractivity contribution in [2.45, 2.75) is 97.1 Å². The minimum atomic E-state index is 0.500. The van der Waals surface area contributed by atoms with Gasteiger partial charge in [-0.05, 0) is 18.9 Å². The zero-order valence-corrected chi connectivity index (χ0v) is 17.9. The Morgan fingerprint density at radius 1 is 0.667 bits per heavy atom. The van der Waals surface area contributed by atoms with E-state index in [1.807, 2.05) is 0 Å². The van der Waals surface area contributed by atoms with Gasteiger partial charge in [-0.2, -0.15) is 0 Å². The minimum Gasteiger partial charge on any atom is -0.356 e. The summed E-state index contributed by atoms with van der Waals surface area (Å²) < 4.78 is 0. The van der Waals surface area contributed by atoms with Crippen LogP contribution >= 0.6 is 0 Å². The molecule has 2 heteroatoms. The first-order chi connectivity index (χ1) is 13.3. The van der Waals surface area contributed by atoms with Gasteiger partial charge in [-0.1, -0.05) is 101 Å². The summed E-state index contributed by atoms with van der Waals surface area (Å²) in [6.45, 7) is 6.83. The number of nitrogens with zero attached hydrogens (tertiary/aromatic N) is 2. The number of benzene rings is 1. The maximum absolute atomic E-state index is 2.56. The number of likely N-dealkylation sites (N-methyl/N-ethyl adjacent to an activating group) is 1. The smallest absolute Gasteiger partial charge is 0.105 e. The third-order valence-electron chi connectivity index (χ3n) is 5.86. The SMILES string of the molecule is CCCCCCCCCCCCCN1C=CN(CC)C1Cc1ccccc1. The van der Waals surface area contributed by atoms with E-state index in [9.17, 15) is 0 Å². The fraction of sp³-hybridized carbons (Fsp3) is 0.680. The van der Waals surface area contributed by atoms with Gasteiger partial charge in [-0.15, -0.1) is 0 Å². The molecule has 27 heavy (non-hydrogen) atoms. The molecule has 1 aromatic rings. The van der Waals surface area contributed by atoms with Crippen LogP contribution in [0.25, 0.3) is 0 Å². The summed E-state index contributed by atoms with van der Waals surface area (Å²) in [7, 11) is 0. The second kappa shape index (κ2) is 13.7. The second-order valence-electron chi connectivity index (χ2n) is 8.07. The van der Waals surface area contributed by atoms with E-state index < -0.39 is 0 Å². The van der Waals surface area contributed by atoms with Gasteiger partial charge in [0.05, 0.1) is 0 Å². The topological polar surface area (TPSA) is 6.48 Å². The maximum Gasteiger partial charge on any atom is 0.105 e. The van der Waals surface area contributed by atoms with Crippen LogP contribution in [0.5, 0.6) is 0 Å². The number of hydrogen-bond acceptors (Lipinski definition) is 2. The molecular weight excluding hydrogens is 328 g/mol. The van der Waals surface area contributed by atoms with Crippen molar-refractivity contribution in [3.05, 3.63) is 48.3 Å². The molecule has 2 nitrogen and oxygen atoms in total. The molecule has 1 aromatic carbocycles. The van der Waals surface area contributed by atoms with Crippen molar-refractivity contribution in [3.8, 4) is 0 Å². The van der Waals surface area contributed by atoms with Gasteiger partial charge in [0.25, 0.3) is 0 Å². The summed E-state index contributed by atoms with van der Waals surface area (Å²) in [4.78, 5) is 5.04. The quantitative estimate of drug-likeness (QED) is 0.307. The lowest BCUT2D eigenvalue weighted by atomic mass is 10.1. The molecule has 0 radical (unpaired) electrons. The Hall–Kier alpha value is -1.44. The molecule has 1 aliphatic rings. The summed E-state index contributed by atoms with van der Waals surface area (Å²) in [5.41, 5.74) is 1.44. The highest BCUT2D eigenvalue weighted by Crippen LogP contribution is 2.21. The lowest BCUT2D eigenvalue weighted by Gasteiger charge is -2.32. The zero-order chi connectivity index (χ0) is 19.2. The van der Waals surface area contributed by atoms with E-state index in [0.717, 1.165) is 13.0 Å². The Kier molecular flexibility index (Phi) is 11.1. The van der Waals surface area contributed by atoms with E-state index >= 15 is 0 Å². The average molecular weight is 371 g/mol. The predicted molar refractivity (Wildman–Crippen MR) is 119 cm³/mol. The molecule has 0 fully saturated rings. The van der Waals surface area contributed by atoms with E-state index in [2.05, 4.69) is 66.4 Å². The van der Waals surface area contributed by atoms with Gasteiger partial charge >= 0.3 is 0 Å². The molecule has 0 aliphatic carbocycles. The maximum atomic E-state index is 2.56. The van der Waals surface area contributed by atoms with Crippen LogP contribution in [0, 0.1) is 0 Å². The molecule has 0 aromatic heterocycles. The molecule has 0 saturated heterocycles. The van der Waals surface area contributed by atoms with Crippen LogP contribution in [-0.2, 0) is 6.42 Å². The van der Waals surface area contributed by atoms with E-state index in [1.165, 1.54) is 82.7 Å². The van der Waals surface area contributed by atoms with Crippen LogP contribution in [0.15, 0.2) is 42.7 Å². The monoisotopic (exact) mass is 370 g/mol. The Labute approximate surface area is 168 Å². The first-order valence-corrected chi connectivity index (χ1v) is 11.6. The normalized spacial score (nSPS) is 16.4. The summed E-state index contributed by atoms with van der Waals surface area (Å²) in [5, 5.41) is 0. The molecule has 0 saturated carbocycles. The number of hydrogen-bond donors (Lipinski definition) is 0. The summed E-state index contributed by atoms with van der Waals surface area (Å²) in [5.74, 6) is 0. The van der Waals surface area contributed by atoms with Crippen molar-refractivity contribution in [2.75, 3.05) is 13.1 Å². The lowest BCUT2D eigenvalue weighted by molar-refractivity contribution is 0.155. The number of unbranched alkanes of at least 4 members (excludes halogenated alkanes) is 10. The van der Waals surface area contributed by atoms with Gasteiger partial charge in [0.15, 0.2) is 0 Å². The Balaban J connectivity index is 1.57. The van der Waals surface area contributed by atoms with E-state index in [4.69, 9.17) is 0 Å². The van der Waals surface area contributed by atoms with Gasteiger partial charge < -0.3 is 9.80 Å². The van der Waals surface area contributed by atoms with Crippen LogP contribution in [0.1, 0.15) is 90.0 Å². The highest BCUT2D eigenvalue weighted by molar-refractivity contribution is 5.17. The highest BCUT2D eigenvalue weighted by Gasteiger charge is 2.24. The zero-order valence-electron chi connectivity index (χ0n) is 17.9. The molecule has 1 atom stereocenters. The van der Waals surface area contributed by atoms with Gasteiger partial charge in [-0.25, -0.2) is 0 Å². The van der Waals surface area contributed by atoms with Crippen LogP contribution < -0.4 is 0 Å². The van der Waals surface area contributed by atoms with Crippen LogP contribution in [0.3, 0.4) is 0 Å². The molecule has 0 N–H and O–H groups in total. The molecule has 1 unspecified atom stereocenters. The molecule has 1 heterocycles. The minimum absolute atomic E-state index is 0.500. The standard InChI is InChI=1S/C25H42N2/c1-3-5-6-7-8-9-10-11-12-13-17-20-27-22-21-26(4-2)25(27)23-24-18-15-14-16-19-24/h14-16,18-19,21-22,25H,3-13,17,20,23H2,1-2H3. The van der Waals surface area contributed by atoms with E-state index in [0.29, 0.717) is 6.17 Å². The first kappa shape index (κ1) is 21.9. The van der Waals surface area contributed by atoms with E-state index in [-0.39, 0.29) is 0 Å². The Bertz CT molecular complexity index is 496. The molecule has 1 aliphatic heterocycles. The fourth-order valence-corrected chi connectivity index (χ4v) is 4.12. The van der Waals surface area contributed by atoms with Crippen molar-refractivity contribution in [2.24, 2.45) is 0 Å². The Morgan fingerprint density at radius 2 is 1.22 bits per heavy atom. The van der Waals surface area contributed by atoms with Crippen molar-refractivity contribution >= 4 is 0 Å². The molecular formula is C25H42N2.